The monoisotopic (exact) mass is 489 g/mol. The van der Waals surface area contributed by atoms with Gasteiger partial charge in [-0.2, -0.15) is 18.3 Å². The van der Waals surface area contributed by atoms with Gasteiger partial charge in [0.2, 0.25) is 0 Å². The molecule has 0 radical (unpaired) electrons. The van der Waals surface area contributed by atoms with Crippen LogP contribution in [-0.2, 0) is 16.5 Å². The summed E-state index contributed by atoms with van der Waals surface area (Å²) >= 11 is 2.08. The Morgan fingerprint density at radius 2 is 2.00 bits per heavy atom. The van der Waals surface area contributed by atoms with Crippen molar-refractivity contribution in [3.05, 3.63) is 58.4 Å². The summed E-state index contributed by atoms with van der Waals surface area (Å²) in [5.74, 6) is -0.414. The van der Waals surface area contributed by atoms with E-state index in [0.717, 1.165) is 15.7 Å². The van der Waals surface area contributed by atoms with Crippen LogP contribution in [-0.4, -0.2) is 25.2 Å². The Labute approximate surface area is 166 Å². The highest BCUT2D eigenvalue weighted by molar-refractivity contribution is 14.1. The fourth-order valence-electron chi connectivity index (χ4n) is 2.41. The molecule has 2 aromatic heterocycles. The van der Waals surface area contributed by atoms with E-state index >= 15 is 0 Å². The Hall–Kier alpha value is -2.37. The van der Waals surface area contributed by atoms with E-state index in [1.807, 2.05) is 0 Å². The first-order valence-electron chi connectivity index (χ1n) is 7.81. The highest BCUT2D eigenvalue weighted by Crippen LogP contribution is 2.33. The number of aromatic nitrogens is 4. The van der Waals surface area contributed by atoms with Gasteiger partial charge in [0.05, 0.1) is 33.0 Å². The SMILES string of the molecule is CC(C)(C(=O)Nc1ccc(C(F)(F)F)cc1-n1ccnc1)n1cc(I)cn1. The molecule has 27 heavy (non-hydrogen) atoms. The van der Waals surface area contributed by atoms with E-state index in [4.69, 9.17) is 0 Å². The first-order valence-corrected chi connectivity index (χ1v) is 8.88. The van der Waals surface area contributed by atoms with Crippen molar-refractivity contribution < 1.29 is 18.0 Å². The molecule has 0 unspecified atom stereocenters. The maximum atomic E-state index is 13.1. The predicted molar refractivity (Wildman–Crippen MR) is 101 cm³/mol. The molecule has 0 saturated heterocycles. The van der Waals surface area contributed by atoms with Gasteiger partial charge in [0.25, 0.3) is 5.91 Å². The Morgan fingerprint density at radius 3 is 2.56 bits per heavy atom. The minimum Gasteiger partial charge on any atom is -0.322 e. The molecule has 1 amide bonds. The Bertz CT molecular complexity index is 963. The smallest absolute Gasteiger partial charge is 0.322 e. The van der Waals surface area contributed by atoms with E-state index in [2.05, 4.69) is 38.0 Å². The number of hydrogen-bond donors (Lipinski definition) is 1. The molecular formula is C17H15F3IN5O. The number of benzene rings is 1. The fraction of sp³-hybridized carbons (Fsp3) is 0.235. The quantitative estimate of drug-likeness (QED) is 0.563. The number of carbonyl (C=O) groups excluding carboxylic acids is 1. The van der Waals surface area contributed by atoms with Crippen molar-refractivity contribution in [3.8, 4) is 5.69 Å². The van der Waals surface area contributed by atoms with Gasteiger partial charge in [-0.15, -0.1) is 0 Å². The maximum Gasteiger partial charge on any atom is 0.416 e. The lowest BCUT2D eigenvalue weighted by atomic mass is 10.0. The number of nitrogens with one attached hydrogen (secondary N) is 1. The average molecular weight is 489 g/mol. The molecular weight excluding hydrogens is 474 g/mol. The predicted octanol–water partition coefficient (Wildman–Crippen LogP) is 4.07. The maximum absolute atomic E-state index is 13.1. The summed E-state index contributed by atoms with van der Waals surface area (Å²) in [5.41, 5.74) is -1.45. The number of anilines is 1. The lowest BCUT2D eigenvalue weighted by Crippen LogP contribution is -2.40. The zero-order chi connectivity index (χ0) is 19.8. The van der Waals surface area contributed by atoms with Crippen molar-refractivity contribution in [2.45, 2.75) is 25.6 Å². The van der Waals surface area contributed by atoms with Crippen LogP contribution in [0, 0.1) is 3.57 Å². The lowest BCUT2D eigenvalue weighted by Gasteiger charge is -2.25. The van der Waals surface area contributed by atoms with Gasteiger partial charge < -0.3 is 9.88 Å². The van der Waals surface area contributed by atoms with Crippen LogP contribution in [0.5, 0.6) is 0 Å². The summed E-state index contributed by atoms with van der Waals surface area (Å²) in [7, 11) is 0. The largest absolute Gasteiger partial charge is 0.416 e. The molecule has 3 rings (SSSR count). The molecule has 0 bridgehead atoms. The van der Waals surface area contributed by atoms with E-state index in [1.165, 1.54) is 34.0 Å². The summed E-state index contributed by atoms with van der Waals surface area (Å²) in [6.45, 7) is 3.35. The fourth-order valence-corrected chi connectivity index (χ4v) is 2.80. The van der Waals surface area contributed by atoms with E-state index in [1.54, 1.807) is 26.2 Å². The van der Waals surface area contributed by atoms with Gasteiger partial charge in [0.1, 0.15) is 5.54 Å². The van der Waals surface area contributed by atoms with Crippen molar-refractivity contribution in [3.63, 3.8) is 0 Å². The van der Waals surface area contributed by atoms with Crippen LogP contribution >= 0.6 is 22.6 Å². The highest BCUT2D eigenvalue weighted by atomic mass is 127. The van der Waals surface area contributed by atoms with Gasteiger partial charge in [-0.1, -0.05) is 0 Å². The van der Waals surface area contributed by atoms with Gasteiger partial charge in [-0.25, -0.2) is 4.98 Å². The highest BCUT2D eigenvalue weighted by Gasteiger charge is 2.33. The minimum absolute atomic E-state index is 0.168. The molecule has 0 fully saturated rings. The van der Waals surface area contributed by atoms with Gasteiger partial charge >= 0.3 is 6.18 Å². The van der Waals surface area contributed by atoms with Crippen molar-refractivity contribution in [1.82, 2.24) is 19.3 Å². The van der Waals surface area contributed by atoms with Crippen molar-refractivity contribution in [2.24, 2.45) is 0 Å². The first kappa shape index (κ1) is 19.4. The summed E-state index contributed by atoms with van der Waals surface area (Å²) in [5, 5.41) is 6.86. The normalized spacial score (nSPS) is 12.2. The molecule has 0 atom stereocenters. The molecule has 1 N–H and O–H groups in total. The van der Waals surface area contributed by atoms with Crippen molar-refractivity contribution >= 4 is 34.2 Å². The van der Waals surface area contributed by atoms with E-state index < -0.39 is 23.2 Å². The summed E-state index contributed by atoms with van der Waals surface area (Å²) in [6, 6.07) is 3.14. The van der Waals surface area contributed by atoms with E-state index in [-0.39, 0.29) is 11.4 Å². The Balaban J connectivity index is 1.98. The number of nitrogens with zero attached hydrogens (tertiary/aromatic N) is 4. The summed E-state index contributed by atoms with van der Waals surface area (Å²) in [4.78, 5) is 16.7. The first-order chi connectivity index (χ1) is 12.6. The third-order valence-electron chi connectivity index (χ3n) is 4.04. The van der Waals surface area contributed by atoms with E-state index in [0.29, 0.717) is 0 Å². The summed E-state index contributed by atoms with van der Waals surface area (Å²) in [6.07, 6.45) is 3.15. The van der Waals surface area contributed by atoms with Crippen LogP contribution in [0.25, 0.3) is 5.69 Å². The second-order valence-corrected chi connectivity index (χ2v) is 7.56. The molecule has 0 spiro atoms. The van der Waals surface area contributed by atoms with Crippen LogP contribution in [0.3, 0.4) is 0 Å². The summed E-state index contributed by atoms with van der Waals surface area (Å²) < 4.78 is 43.1. The molecule has 3 aromatic rings. The lowest BCUT2D eigenvalue weighted by molar-refractivity contribution is -0.137. The molecule has 142 valence electrons. The number of amides is 1. The molecule has 2 heterocycles. The molecule has 6 nitrogen and oxygen atoms in total. The second kappa shape index (κ2) is 6.98. The number of hydrogen-bond acceptors (Lipinski definition) is 3. The van der Waals surface area contributed by atoms with Crippen LogP contribution < -0.4 is 5.32 Å². The molecule has 10 heteroatoms. The van der Waals surface area contributed by atoms with Gasteiger partial charge in [0.15, 0.2) is 0 Å². The van der Waals surface area contributed by atoms with Gasteiger partial charge in [-0.3, -0.25) is 9.48 Å². The Morgan fingerprint density at radius 1 is 1.26 bits per heavy atom. The van der Waals surface area contributed by atoms with Gasteiger partial charge in [0, 0.05) is 18.6 Å². The topological polar surface area (TPSA) is 64.7 Å². The average Bonchev–Trinajstić information content (AvgIpc) is 3.25. The zero-order valence-electron chi connectivity index (χ0n) is 14.3. The van der Waals surface area contributed by atoms with Crippen molar-refractivity contribution in [2.75, 3.05) is 5.32 Å². The standard InChI is InChI=1S/C17H15F3IN5O/c1-16(2,26-9-12(21)8-23-26)15(27)24-13-4-3-11(17(18,19)20)7-14(13)25-6-5-22-10-25/h3-10H,1-2H3,(H,24,27). The Kier molecular flexibility index (Phi) is 5.02. The molecule has 0 aliphatic rings. The number of halogens is 4. The minimum atomic E-state index is -4.50. The molecule has 1 aromatic carbocycles. The van der Waals surface area contributed by atoms with Crippen molar-refractivity contribution in [1.29, 1.82) is 0 Å². The van der Waals surface area contributed by atoms with Crippen LogP contribution in [0.15, 0.2) is 49.3 Å². The molecule has 0 aliphatic heterocycles. The van der Waals surface area contributed by atoms with Crippen LogP contribution in [0.1, 0.15) is 19.4 Å². The van der Waals surface area contributed by atoms with Crippen LogP contribution in [0.4, 0.5) is 18.9 Å². The number of alkyl halides is 3. The number of rotatable bonds is 4. The zero-order valence-corrected chi connectivity index (χ0v) is 16.5. The molecule has 0 aliphatic carbocycles. The van der Waals surface area contributed by atoms with E-state index in [9.17, 15) is 18.0 Å². The third-order valence-corrected chi connectivity index (χ3v) is 4.59. The number of carbonyl (C=O) groups is 1. The second-order valence-electron chi connectivity index (χ2n) is 6.32. The molecule has 0 saturated carbocycles. The number of imidazole rings is 1. The van der Waals surface area contributed by atoms with Gasteiger partial charge in [-0.05, 0) is 54.6 Å². The van der Waals surface area contributed by atoms with Crippen LogP contribution in [0.2, 0.25) is 0 Å². The third kappa shape index (κ3) is 3.99.